The molecule has 2 heteroatoms. The van der Waals surface area contributed by atoms with Gasteiger partial charge in [0, 0.05) is 5.56 Å². The normalized spacial score (nSPS) is 13.7. The fraction of sp³-hybridized carbons (Fsp3) is 0. The van der Waals surface area contributed by atoms with Crippen molar-refractivity contribution in [2.24, 2.45) is 0 Å². The van der Waals surface area contributed by atoms with Crippen LogP contribution in [0.1, 0.15) is 21.4 Å². The number of carboxylic acids is 1. The molecule has 0 bridgehead atoms. The van der Waals surface area contributed by atoms with Gasteiger partial charge in [-0.2, -0.15) is 0 Å². The largest absolute Gasteiger partial charge is 0.478 e. The third-order valence-corrected chi connectivity index (χ3v) is 0.983. The fourth-order valence-electron chi connectivity index (χ4n) is 0.492. The molecule has 1 rings (SSSR count). The summed E-state index contributed by atoms with van der Waals surface area (Å²) in [4.78, 5) is 10.7. The van der Waals surface area contributed by atoms with E-state index >= 15 is 0 Å². The van der Waals surface area contributed by atoms with Gasteiger partial charge in [0.05, 0.1) is 11.0 Å². The van der Waals surface area contributed by atoms with E-state index in [2.05, 4.69) is 0 Å². The predicted octanol–water partition coefficient (Wildman–Crippen LogP) is 1.37. The molecule has 0 amide bonds. The summed E-state index contributed by atoms with van der Waals surface area (Å²) in [5.41, 5.74) is -0.890. The molecule has 0 aliphatic rings. The minimum absolute atomic E-state index is 0.227. The molecule has 0 atom stereocenters. The zero-order valence-corrected chi connectivity index (χ0v) is 5.43. The molecule has 0 radical (unpaired) electrons. The van der Waals surface area contributed by atoms with Gasteiger partial charge in [0.1, 0.15) is 0 Å². The highest BCUT2D eigenvalue weighted by Gasteiger charge is 1.99. The van der Waals surface area contributed by atoms with Crippen molar-refractivity contribution in [1.29, 1.82) is 0 Å². The first-order valence-corrected chi connectivity index (χ1v) is 2.72. The summed E-state index contributed by atoms with van der Waals surface area (Å²) in [7, 11) is 0. The van der Waals surface area contributed by atoms with Crippen LogP contribution in [0.4, 0.5) is 0 Å². The molecular formula is C9H6O2. The zero-order valence-electron chi connectivity index (χ0n) is 9.43. The van der Waals surface area contributed by atoms with Crippen LogP contribution in [0, 0.1) is 12.3 Å². The van der Waals surface area contributed by atoms with E-state index in [4.69, 9.17) is 17.0 Å². The summed E-state index contributed by atoms with van der Waals surface area (Å²) in [6.07, 6.45) is 5.01. The molecule has 1 aromatic carbocycles. The number of hydrogen-bond donors (Lipinski definition) is 1. The molecular weight excluding hydrogens is 140 g/mol. The van der Waals surface area contributed by atoms with Crippen LogP contribution in [0.2, 0.25) is 0 Å². The third kappa shape index (κ3) is 1.59. The quantitative estimate of drug-likeness (QED) is 0.614. The molecule has 0 saturated carbocycles. The molecule has 0 aliphatic heterocycles. The van der Waals surface area contributed by atoms with Crippen molar-refractivity contribution in [1.82, 2.24) is 0 Å². The zero-order chi connectivity index (χ0) is 11.7. The van der Waals surface area contributed by atoms with Crippen LogP contribution in [0.5, 0.6) is 0 Å². The van der Waals surface area contributed by atoms with Crippen LogP contribution in [0.15, 0.2) is 24.2 Å². The van der Waals surface area contributed by atoms with E-state index in [1.165, 1.54) is 0 Å². The molecule has 11 heavy (non-hydrogen) atoms. The van der Waals surface area contributed by atoms with Crippen LogP contribution in [0.25, 0.3) is 0 Å². The van der Waals surface area contributed by atoms with E-state index in [0.717, 1.165) is 0 Å². The molecule has 0 unspecified atom stereocenters. The second kappa shape index (κ2) is 2.89. The minimum atomic E-state index is -1.50. The SMILES string of the molecule is [2H]c1c([2H])c(C(=O)O)c([2H])c([2H])c1C#C. The Balaban J connectivity index is 3.76. The number of rotatable bonds is 1. The van der Waals surface area contributed by atoms with Gasteiger partial charge in [0.2, 0.25) is 0 Å². The molecule has 0 heterocycles. The highest BCUT2D eigenvalue weighted by Crippen LogP contribution is 2.02. The lowest BCUT2D eigenvalue weighted by atomic mass is 10.1. The third-order valence-electron chi connectivity index (χ3n) is 0.983. The molecule has 2 nitrogen and oxygen atoms in total. The second-order valence-electron chi connectivity index (χ2n) is 1.70. The summed E-state index contributed by atoms with van der Waals surface area (Å²) in [5, 5.41) is 8.70. The topological polar surface area (TPSA) is 37.3 Å². The highest BCUT2D eigenvalue weighted by molar-refractivity contribution is 5.87. The Hall–Kier alpha value is -1.75. The van der Waals surface area contributed by atoms with Crippen LogP contribution in [0.3, 0.4) is 0 Å². The summed E-state index contributed by atoms with van der Waals surface area (Å²) in [6, 6.07) is -2.26. The average molecular weight is 150 g/mol. The molecule has 0 spiro atoms. The monoisotopic (exact) mass is 150 g/mol. The van der Waals surface area contributed by atoms with Gasteiger partial charge < -0.3 is 5.11 Å². The van der Waals surface area contributed by atoms with Crippen LogP contribution < -0.4 is 0 Å². The molecule has 0 aliphatic carbocycles. The number of hydrogen-bond acceptors (Lipinski definition) is 1. The van der Waals surface area contributed by atoms with Gasteiger partial charge in [-0.3, -0.25) is 0 Å². The minimum Gasteiger partial charge on any atom is -0.478 e. The Bertz CT molecular complexity index is 459. The summed E-state index contributed by atoms with van der Waals surface area (Å²) < 4.78 is 29.4. The van der Waals surface area contributed by atoms with Crippen LogP contribution in [-0.2, 0) is 0 Å². The van der Waals surface area contributed by atoms with Crippen molar-refractivity contribution in [2.75, 3.05) is 0 Å². The summed E-state index contributed by atoms with van der Waals surface area (Å²) >= 11 is 0. The van der Waals surface area contributed by atoms with E-state index < -0.39 is 35.7 Å². The number of terminal acetylenes is 1. The second-order valence-corrected chi connectivity index (χ2v) is 1.70. The fourth-order valence-corrected chi connectivity index (χ4v) is 0.492. The van der Waals surface area contributed by atoms with E-state index in [-0.39, 0.29) is 5.56 Å². The van der Waals surface area contributed by atoms with E-state index in [1.807, 2.05) is 5.92 Å². The Morgan fingerprint density at radius 3 is 2.45 bits per heavy atom. The van der Waals surface area contributed by atoms with E-state index in [1.54, 1.807) is 0 Å². The molecule has 0 aromatic heterocycles. The molecule has 1 aromatic rings. The Morgan fingerprint density at radius 1 is 1.55 bits per heavy atom. The Labute approximate surface area is 70.1 Å². The summed E-state index contributed by atoms with van der Waals surface area (Å²) in [6.45, 7) is 0. The lowest BCUT2D eigenvalue weighted by Crippen LogP contribution is -1.94. The van der Waals surface area contributed by atoms with Crippen molar-refractivity contribution in [3.63, 3.8) is 0 Å². The molecule has 1 N–H and O–H groups in total. The average Bonchev–Trinajstić information content (AvgIpc) is 2.16. The maximum atomic E-state index is 10.7. The van der Waals surface area contributed by atoms with Gasteiger partial charge in [-0.25, -0.2) is 4.79 Å². The van der Waals surface area contributed by atoms with E-state index in [0.29, 0.717) is 0 Å². The number of carboxylic acid groups (broad SMARTS) is 1. The van der Waals surface area contributed by atoms with Crippen molar-refractivity contribution in [3.05, 3.63) is 35.3 Å². The Kier molecular flexibility index (Phi) is 0.942. The van der Waals surface area contributed by atoms with Crippen molar-refractivity contribution in [3.8, 4) is 12.3 Å². The standard InChI is InChI=1S/C9H6O2/c1-2-7-3-5-8(6-4-7)9(10)11/h1,3-6H,(H,10,11)/i3D,4D,5D,6D. The maximum absolute atomic E-state index is 10.7. The van der Waals surface area contributed by atoms with Gasteiger partial charge in [-0.1, -0.05) is 5.92 Å². The molecule has 54 valence electrons. The number of carbonyl (C=O) groups is 1. The first kappa shape index (κ1) is 3.59. The summed E-state index contributed by atoms with van der Waals surface area (Å²) in [5.74, 6) is 0.499. The van der Waals surface area contributed by atoms with E-state index in [9.17, 15) is 4.79 Å². The predicted molar refractivity (Wildman–Crippen MR) is 41.3 cm³/mol. The van der Waals surface area contributed by atoms with Crippen LogP contribution >= 0.6 is 0 Å². The smallest absolute Gasteiger partial charge is 0.335 e. The highest BCUT2D eigenvalue weighted by atomic mass is 16.4. The van der Waals surface area contributed by atoms with Gasteiger partial charge >= 0.3 is 5.97 Å². The van der Waals surface area contributed by atoms with Gasteiger partial charge in [0.25, 0.3) is 0 Å². The first-order chi connectivity index (χ1) is 6.91. The lowest BCUT2D eigenvalue weighted by Gasteiger charge is -1.92. The van der Waals surface area contributed by atoms with Crippen molar-refractivity contribution >= 4 is 5.97 Å². The van der Waals surface area contributed by atoms with Gasteiger partial charge in [-0.05, 0) is 24.2 Å². The van der Waals surface area contributed by atoms with Gasteiger partial charge in [0.15, 0.2) is 0 Å². The lowest BCUT2D eigenvalue weighted by molar-refractivity contribution is 0.0697. The van der Waals surface area contributed by atoms with Crippen LogP contribution in [-0.4, -0.2) is 11.1 Å². The van der Waals surface area contributed by atoms with Crippen molar-refractivity contribution in [2.45, 2.75) is 0 Å². The van der Waals surface area contributed by atoms with Gasteiger partial charge in [-0.15, -0.1) is 6.42 Å². The van der Waals surface area contributed by atoms with Crippen molar-refractivity contribution < 1.29 is 15.4 Å². The molecule has 0 saturated heterocycles. The Morgan fingerprint density at radius 2 is 2.09 bits per heavy atom. The number of benzene rings is 1. The first-order valence-electron chi connectivity index (χ1n) is 4.72. The maximum Gasteiger partial charge on any atom is 0.335 e. The molecule has 0 fully saturated rings. The number of aromatic carboxylic acids is 1.